The van der Waals surface area contributed by atoms with Crippen molar-refractivity contribution in [1.82, 2.24) is 15.5 Å². The monoisotopic (exact) mass is 336 g/mol. The summed E-state index contributed by atoms with van der Waals surface area (Å²) in [5.41, 5.74) is 0. The molecule has 0 bridgehead atoms. The number of nitrogens with zero attached hydrogens (tertiary/aromatic N) is 2. The molecule has 1 aliphatic heterocycles. The van der Waals surface area contributed by atoms with Crippen LogP contribution in [0.2, 0.25) is 0 Å². The van der Waals surface area contributed by atoms with Crippen LogP contribution in [0.5, 0.6) is 0 Å². The number of nitrogens with one attached hydrogen (secondary N) is 2. The predicted molar refractivity (Wildman–Crippen MR) is 101 cm³/mol. The van der Waals surface area contributed by atoms with E-state index in [1.807, 2.05) is 18.4 Å². The summed E-state index contributed by atoms with van der Waals surface area (Å²) in [5.74, 6) is 1.54. The quantitative estimate of drug-likeness (QED) is 0.566. The van der Waals surface area contributed by atoms with E-state index in [1.165, 1.54) is 37.2 Å². The van der Waals surface area contributed by atoms with Crippen LogP contribution in [0.4, 0.5) is 0 Å². The zero-order chi connectivity index (χ0) is 16.5. The molecular weight excluding hydrogens is 304 g/mol. The molecule has 2 atom stereocenters. The van der Waals surface area contributed by atoms with Gasteiger partial charge in [-0.15, -0.1) is 11.3 Å². The van der Waals surface area contributed by atoms with Gasteiger partial charge in [-0.3, -0.25) is 9.89 Å². The first kappa shape index (κ1) is 18.3. The second-order valence-electron chi connectivity index (χ2n) is 6.53. The Morgan fingerprint density at radius 2 is 2.04 bits per heavy atom. The molecule has 0 aliphatic carbocycles. The third kappa shape index (κ3) is 6.15. The highest BCUT2D eigenvalue weighted by Crippen LogP contribution is 2.14. The van der Waals surface area contributed by atoms with Crippen molar-refractivity contribution in [2.75, 3.05) is 33.2 Å². The SMILES string of the molecule is CCC(CNC(=NC)NCC(C)Cc1cccs1)N1CCCC1. The third-order valence-corrected chi connectivity index (χ3v) is 5.50. The molecule has 2 N–H and O–H groups in total. The molecule has 0 aromatic carbocycles. The fraction of sp³-hybridized carbons (Fsp3) is 0.722. The van der Waals surface area contributed by atoms with Crippen LogP contribution in [0.15, 0.2) is 22.5 Å². The predicted octanol–water partition coefficient (Wildman–Crippen LogP) is 2.97. The summed E-state index contributed by atoms with van der Waals surface area (Å²) in [7, 11) is 1.86. The molecule has 1 aliphatic rings. The summed E-state index contributed by atoms with van der Waals surface area (Å²) in [6.07, 6.45) is 5.03. The number of aliphatic imine (C=N–C) groups is 1. The summed E-state index contributed by atoms with van der Waals surface area (Å²) < 4.78 is 0. The third-order valence-electron chi connectivity index (χ3n) is 4.60. The van der Waals surface area contributed by atoms with Crippen LogP contribution < -0.4 is 10.6 Å². The van der Waals surface area contributed by atoms with Crippen molar-refractivity contribution in [3.63, 3.8) is 0 Å². The highest BCUT2D eigenvalue weighted by Gasteiger charge is 2.20. The number of hydrogen-bond donors (Lipinski definition) is 2. The lowest BCUT2D eigenvalue weighted by Gasteiger charge is -2.27. The van der Waals surface area contributed by atoms with Gasteiger partial charge in [-0.2, -0.15) is 0 Å². The first-order chi connectivity index (χ1) is 11.2. The van der Waals surface area contributed by atoms with E-state index in [1.54, 1.807) is 0 Å². The lowest BCUT2D eigenvalue weighted by molar-refractivity contribution is 0.236. The molecule has 5 heteroatoms. The molecule has 0 radical (unpaired) electrons. The van der Waals surface area contributed by atoms with E-state index < -0.39 is 0 Å². The maximum Gasteiger partial charge on any atom is 0.191 e. The maximum absolute atomic E-state index is 4.37. The molecule has 0 spiro atoms. The van der Waals surface area contributed by atoms with E-state index in [-0.39, 0.29) is 0 Å². The largest absolute Gasteiger partial charge is 0.356 e. The molecule has 1 fully saturated rings. The summed E-state index contributed by atoms with van der Waals surface area (Å²) in [6, 6.07) is 4.97. The van der Waals surface area contributed by atoms with Gasteiger partial charge >= 0.3 is 0 Å². The van der Waals surface area contributed by atoms with Gasteiger partial charge in [0.05, 0.1) is 0 Å². The second-order valence-corrected chi connectivity index (χ2v) is 7.56. The van der Waals surface area contributed by atoms with Crippen molar-refractivity contribution < 1.29 is 0 Å². The Kier molecular flexibility index (Phi) is 7.89. The standard InChI is InChI=1S/C18H32N4S/c1-4-16(22-9-5-6-10-22)14-21-18(19-3)20-13-15(2)12-17-8-7-11-23-17/h7-8,11,15-16H,4-6,9-10,12-14H2,1-3H3,(H2,19,20,21). The van der Waals surface area contributed by atoms with Crippen LogP contribution in [0.25, 0.3) is 0 Å². The van der Waals surface area contributed by atoms with E-state index in [2.05, 4.69) is 51.9 Å². The molecular formula is C18H32N4S. The zero-order valence-corrected chi connectivity index (χ0v) is 15.7. The van der Waals surface area contributed by atoms with Crippen molar-refractivity contribution >= 4 is 17.3 Å². The Morgan fingerprint density at radius 1 is 1.30 bits per heavy atom. The minimum atomic E-state index is 0.604. The maximum atomic E-state index is 4.37. The van der Waals surface area contributed by atoms with Crippen LogP contribution in [-0.2, 0) is 6.42 Å². The van der Waals surface area contributed by atoms with Crippen LogP contribution in [0, 0.1) is 5.92 Å². The van der Waals surface area contributed by atoms with E-state index in [0.29, 0.717) is 12.0 Å². The van der Waals surface area contributed by atoms with E-state index >= 15 is 0 Å². The molecule has 1 aromatic rings. The Labute approximate surface area is 145 Å². The smallest absolute Gasteiger partial charge is 0.191 e. The Balaban J connectivity index is 1.70. The van der Waals surface area contributed by atoms with Crippen LogP contribution >= 0.6 is 11.3 Å². The molecule has 0 amide bonds. The van der Waals surface area contributed by atoms with Crippen LogP contribution in [0.3, 0.4) is 0 Å². The molecule has 4 nitrogen and oxygen atoms in total. The van der Waals surface area contributed by atoms with E-state index in [9.17, 15) is 0 Å². The molecule has 1 aromatic heterocycles. The van der Waals surface area contributed by atoms with Gasteiger partial charge in [-0.25, -0.2) is 0 Å². The summed E-state index contributed by atoms with van der Waals surface area (Å²) in [4.78, 5) is 8.44. The highest BCUT2D eigenvalue weighted by atomic mass is 32.1. The topological polar surface area (TPSA) is 39.7 Å². The summed E-state index contributed by atoms with van der Waals surface area (Å²) in [5, 5.41) is 9.14. The minimum Gasteiger partial charge on any atom is -0.356 e. The fourth-order valence-electron chi connectivity index (χ4n) is 3.19. The number of rotatable bonds is 8. The van der Waals surface area contributed by atoms with Crippen molar-refractivity contribution in [1.29, 1.82) is 0 Å². The van der Waals surface area contributed by atoms with Crippen molar-refractivity contribution in [3.05, 3.63) is 22.4 Å². The normalized spacial score (nSPS) is 18.8. The van der Waals surface area contributed by atoms with Gasteiger partial charge in [0.1, 0.15) is 0 Å². The minimum absolute atomic E-state index is 0.604. The van der Waals surface area contributed by atoms with Gasteiger partial charge in [0.15, 0.2) is 5.96 Å². The van der Waals surface area contributed by atoms with E-state index in [0.717, 1.165) is 25.5 Å². The van der Waals surface area contributed by atoms with E-state index in [4.69, 9.17) is 0 Å². The molecule has 130 valence electrons. The zero-order valence-electron chi connectivity index (χ0n) is 14.8. The first-order valence-corrected chi connectivity index (χ1v) is 9.81. The lowest BCUT2D eigenvalue weighted by Crippen LogP contribution is -2.47. The molecule has 23 heavy (non-hydrogen) atoms. The van der Waals surface area contributed by atoms with Gasteiger partial charge in [-0.1, -0.05) is 19.9 Å². The van der Waals surface area contributed by atoms with Gasteiger partial charge in [-0.05, 0) is 56.1 Å². The average Bonchev–Trinajstić information content (AvgIpc) is 3.24. The molecule has 0 saturated carbocycles. The van der Waals surface area contributed by atoms with Crippen molar-refractivity contribution in [2.24, 2.45) is 10.9 Å². The van der Waals surface area contributed by atoms with Crippen molar-refractivity contribution in [3.8, 4) is 0 Å². The summed E-state index contributed by atoms with van der Waals surface area (Å²) >= 11 is 1.84. The average molecular weight is 337 g/mol. The van der Waals surface area contributed by atoms with Gasteiger partial charge in [0.2, 0.25) is 0 Å². The molecule has 2 unspecified atom stereocenters. The second kappa shape index (κ2) is 9.93. The van der Waals surface area contributed by atoms with Gasteiger partial charge in [0.25, 0.3) is 0 Å². The van der Waals surface area contributed by atoms with Crippen LogP contribution in [-0.4, -0.2) is 50.1 Å². The number of likely N-dealkylation sites (tertiary alicyclic amines) is 1. The number of hydrogen-bond acceptors (Lipinski definition) is 3. The Bertz CT molecular complexity index is 452. The van der Waals surface area contributed by atoms with Gasteiger partial charge in [0, 0.05) is 31.1 Å². The van der Waals surface area contributed by atoms with Crippen molar-refractivity contribution in [2.45, 2.75) is 45.6 Å². The lowest BCUT2D eigenvalue weighted by atomic mass is 10.1. The van der Waals surface area contributed by atoms with Crippen LogP contribution in [0.1, 0.15) is 38.0 Å². The number of thiophene rings is 1. The Hall–Kier alpha value is -1.07. The summed E-state index contributed by atoms with van der Waals surface area (Å²) in [6.45, 7) is 9.02. The molecule has 2 rings (SSSR count). The highest BCUT2D eigenvalue weighted by molar-refractivity contribution is 7.09. The first-order valence-electron chi connectivity index (χ1n) is 8.93. The molecule has 2 heterocycles. The molecule has 1 saturated heterocycles. The number of guanidine groups is 1. The Morgan fingerprint density at radius 3 is 2.65 bits per heavy atom. The van der Waals surface area contributed by atoms with Gasteiger partial charge < -0.3 is 10.6 Å². The fourth-order valence-corrected chi connectivity index (χ4v) is 4.06.